The van der Waals surface area contributed by atoms with E-state index in [-0.39, 0.29) is 5.60 Å². The smallest absolute Gasteiger partial charge is 0.0757 e. The van der Waals surface area contributed by atoms with Crippen molar-refractivity contribution in [3.05, 3.63) is 0 Å². The molecule has 0 aliphatic carbocycles. The van der Waals surface area contributed by atoms with Gasteiger partial charge in [0.05, 0.1) is 17.8 Å². The second-order valence-corrected chi connectivity index (χ2v) is 6.08. The van der Waals surface area contributed by atoms with Crippen LogP contribution in [0.3, 0.4) is 0 Å². The van der Waals surface area contributed by atoms with Crippen LogP contribution in [0.15, 0.2) is 0 Å². The van der Waals surface area contributed by atoms with E-state index in [2.05, 4.69) is 31.0 Å². The Balaban J connectivity index is 1.83. The first kappa shape index (κ1) is 13.3. The van der Waals surface area contributed by atoms with Crippen LogP contribution in [-0.4, -0.2) is 62.0 Å². The van der Waals surface area contributed by atoms with Gasteiger partial charge >= 0.3 is 0 Å². The van der Waals surface area contributed by atoms with E-state index in [0.717, 1.165) is 32.6 Å². The Morgan fingerprint density at radius 3 is 2.82 bits per heavy atom. The fourth-order valence-corrected chi connectivity index (χ4v) is 3.14. The maximum Gasteiger partial charge on any atom is 0.0757 e. The number of nitrogens with zero attached hydrogens (tertiary/aromatic N) is 1. The van der Waals surface area contributed by atoms with Crippen LogP contribution in [0, 0.1) is 0 Å². The van der Waals surface area contributed by atoms with Gasteiger partial charge in [0.15, 0.2) is 0 Å². The highest BCUT2D eigenvalue weighted by Crippen LogP contribution is 2.22. The molecule has 2 saturated heterocycles. The molecule has 0 aromatic carbocycles. The lowest BCUT2D eigenvalue weighted by Gasteiger charge is -2.42. The molecule has 3 atom stereocenters. The lowest BCUT2D eigenvalue weighted by atomic mass is 10.0. The van der Waals surface area contributed by atoms with Crippen molar-refractivity contribution in [1.29, 1.82) is 0 Å². The molecule has 2 heterocycles. The summed E-state index contributed by atoms with van der Waals surface area (Å²) in [4.78, 5) is 2.52. The van der Waals surface area contributed by atoms with Crippen LogP contribution >= 0.6 is 0 Å². The molecule has 0 bridgehead atoms. The maximum atomic E-state index is 5.92. The van der Waals surface area contributed by atoms with Gasteiger partial charge in [0.1, 0.15) is 0 Å². The van der Waals surface area contributed by atoms with Crippen molar-refractivity contribution < 1.29 is 9.47 Å². The van der Waals surface area contributed by atoms with Crippen LogP contribution < -0.4 is 5.32 Å². The van der Waals surface area contributed by atoms with Gasteiger partial charge in [-0.2, -0.15) is 0 Å². The van der Waals surface area contributed by atoms with Crippen LogP contribution in [-0.2, 0) is 9.47 Å². The predicted molar refractivity (Wildman–Crippen MR) is 68.3 cm³/mol. The van der Waals surface area contributed by atoms with Crippen molar-refractivity contribution in [3.63, 3.8) is 0 Å². The quantitative estimate of drug-likeness (QED) is 0.796. The average Bonchev–Trinajstić information content (AvgIpc) is 2.62. The molecule has 1 N–H and O–H groups in total. The number of rotatable bonds is 3. The van der Waals surface area contributed by atoms with E-state index in [9.17, 15) is 0 Å². The lowest BCUT2D eigenvalue weighted by Crippen LogP contribution is -2.54. The van der Waals surface area contributed by atoms with E-state index in [4.69, 9.17) is 9.47 Å². The molecule has 2 aliphatic rings. The van der Waals surface area contributed by atoms with Crippen LogP contribution in [0.5, 0.6) is 0 Å². The summed E-state index contributed by atoms with van der Waals surface area (Å²) in [5.74, 6) is 0. The molecule has 4 heteroatoms. The number of morpholine rings is 1. The van der Waals surface area contributed by atoms with E-state index in [0.29, 0.717) is 18.2 Å². The number of hydrogen-bond donors (Lipinski definition) is 1. The second kappa shape index (κ2) is 5.22. The molecule has 0 aromatic heterocycles. The summed E-state index contributed by atoms with van der Waals surface area (Å²) in [6.07, 6.45) is 1.85. The van der Waals surface area contributed by atoms with Gasteiger partial charge in [-0.3, -0.25) is 4.90 Å². The van der Waals surface area contributed by atoms with Gasteiger partial charge in [-0.05, 0) is 27.2 Å². The van der Waals surface area contributed by atoms with Crippen molar-refractivity contribution in [2.45, 2.75) is 51.0 Å². The van der Waals surface area contributed by atoms with E-state index in [1.54, 1.807) is 7.11 Å². The maximum absolute atomic E-state index is 5.92. The first-order valence-corrected chi connectivity index (χ1v) is 6.65. The van der Waals surface area contributed by atoms with Crippen LogP contribution in [0.4, 0.5) is 0 Å². The van der Waals surface area contributed by atoms with Gasteiger partial charge in [0.25, 0.3) is 0 Å². The Bertz CT molecular complexity index is 258. The Hall–Kier alpha value is -0.160. The molecule has 2 rings (SSSR count). The first-order valence-electron chi connectivity index (χ1n) is 6.65. The average molecular weight is 242 g/mol. The van der Waals surface area contributed by atoms with Gasteiger partial charge in [-0.1, -0.05) is 0 Å². The SMILES string of the molecule is COC1CNC(CN2CC(C)OC(C)(C)C2)C1. The molecule has 17 heavy (non-hydrogen) atoms. The van der Waals surface area contributed by atoms with E-state index >= 15 is 0 Å². The molecular weight excluding hydrogens is 216 g/mol. The van der Waals surface area contributed by atoms with E-state index < -0.39 is 0 Å². The summed E-state index contributed by atoms with van der Waals surface area (Å²) < 4.78 is 11.3. The zero-order valence-electron chi connectivity index (χ0n) is 11.5. The molecule has 2 fully saturated rings. The molecule has 100 valence electrons. The summed E-state index contributed by atoms with van der Waals surface area (Å²) in [5, 5.41) is 3.54. The number of hydrogen-bond acceptors (Lipinski definition) is 4. The third-order valence-electron chi connectivity index (χ3n) is 3.63. The predicted octanol–water partition coefficient (Wildman–Crippen LogP) is 0.863. The summed E-state index contributed by atoms with van der Waals surface area (Å²) in [6.45, 7) is 10.7. The minimum atomic E-state index is -0.0169. The first-order chi connectivity index (χ1) is 7.98. The fraction of sp³-hybridized carbons (Fsp3) is 1.00. The monoisotopic (exact) mass is 242 g/mol. The third kappa shape index (κ3) is 3.65. The Labute approximate surface area is 105 Å². The second-order valence-electron chi connectivity index (χ2n) is 6.08. The molecule has 0 saturated carbocycles. The van der Waals surface area contributed by atoms with Crippen molar-refractivity contribution in [1.82, 2.24) is 10.2 Å². The van der Waals surface area contributed by atoms with Crippen molar-refractivity contribution in [3.8, 4) is 0 Å². The highest BCUT2D eigenvalue weighted by Gasteiger charge is 2.33. The molecular formula is C13H26N2O2. The van der Waals surface area contributed by atoms with Crippen LogP contribution in [0.1, 0.15) is 27.2 Å². The number of methoxy groups -OCH3 is 1. The topological polar surface area (TPSA) is 33.7 Å². The number of ether oxygens (including phenoxy) is 2. The molecule has 2 aliphatic heterocycles. The third-order valence-corrected chi connectivity index (χ3v) is 3.63. The van der Waals surface area contributed by atoms with Crippen LogP contribution in [0.25, 0.3) is 0 Å². The fourth-order valence-electron chi connectivity index (χ4n) is 3.14. The lowest BCUT2D eigenvalue weighted by molar-refractivity contribution is -0.129. The number of nitrogens with one attached hydrogen (secondary N) is 1. The van der Waals surface area contributed by atoms with Crippen molar-refractivity contribution in [2.24, 2.45) is 0 Å². The zero-order chi connectivity index (χ0) is 12.5. The molecule has 0 spiro atoms. The minimum Gasteiger partial charge on any atom is -0.380 e. The summed E-state index contributed by atoms with van der Waals surface area (Å²) >= 11 is 0. The summed E-state index contributed by atoms with van der Waals surface area (Å²) in [6, 6.07) is 0.570. The largest absolute Gasteiger partial charge is 0.380 e. The standard InChI is InChI=1S/C13H26N2O2/c1-10-7-15(9-13(2,3)17-10)8-11-5-12(16-4)6-14-11/h10-12,14H,5-9H2,1-4H3. The Kier molecular flexibility index (Phi) is 4.08. The van der Waals surface area contributed by atoms with E-state index in [1.165, 1.54) is 0 Å². The van der Waals surface area contributed by atoms with Crippen molar-refractivity contribution >= 4 is 0 Å². The molecule has 0 aromatic rings. The van der Waals surface area contributed by atoms with E-state index in [1.807, 2.05) is 0 Å². The van der Waals surface area contributed by atoms with Gasteiger partial charge in [-0.15, -0.1) is 0 Å². The van der Waals surface area contributed by atoms with Crippen LogP contribution in [0.2, 0.25) is 0 Å². The molecule has 0 amide bonds. The highest BCUT2D eigenvalue weighted by molar-refractivity contribution is 4.89. The molecule has 4 nitrogen and oxygen atoms in total. The molecule has 0 radical (unpaired) electrons. The Morgan fingerprint density at radius 2 is 2.24 bits per heavy atom. The van der Waals surface area contributed by atoms with Gasteiger partial charge in [0.2, 0.25) is 0 Å². The van der Waals surface area contributed by atoms with Gasteiger partial charge in [-0.25, -0.2) is 0 Å². The minimum absolute atomic E-state index is 0.0169. The van der Waals surface area contributed by atoms with Gasteiger partial charge < -0.3 is 14.8 Å². The summed E-state index contributed by atoms with van der Waals surface area (Å²) in [7, 11) is 1.80. The summed E-state index contributed by atoms with van der Waals surface area (Å²) in [5.41, 5.74) is -0.0169. The van der Waals surface area contributed by atoms with Crippen molar-refractivity contribution in [2.75, 3.05) is 33.3 Å². The zero-order valence-corrected chi connectivity index (χ0v) is 11.5. The Morgan fingerprint density at radius 1 is 1.47 bits per heavy atom. The normalized spacial score (nSPS) is 38.5. The van der Waals surface area contributed by atoms with Gasteiger partial charge in [0, 0.05) is 39.3 Å². The highest BCUT2D eigenvalue weighted by atomic mass is 16.5. The molecule has 3 unspecified atom stereocenters.